The lowest BCUT2D eigenvalue weighted by Gasteiger charge is -2.27. The summed E-state index contributed by atoms with van der Waals surface area (Å²) in [5.41, 5.74) is 0. The molecule has 1 unspecified atom stereocenters. The maximum atomic E-state index is 5.78. The van der Waals surface area contributed by atoms with E-state index in [2.05, 4.69) is 16.7 Å². The van der Waals surface area contributed by atoms with Crippen LogP contribution in [-0.4, -0.2) is 49.6 Å². The number of nitrogens with zero attached hydrogens (tertiary/aromatic N) is 1. The van der Waals surface area contributed by atoms with Crippen molar-refractivity contribution >= 4 is 19.7 Å². The van der Waals surface area contributed by atoms with Gasteiger partial charge in [-0.2, -0.15) is 0 Å². The lowest BCUT2D eigenvalue weighted by Crippen LogP contribution is -2.29. The fourth-order valence-corrected chi connectivity index (χ4v) is 3.78. The van der Waals surface area contributed by atoms with Crippen molar-refractivity contribution in [3.05, 3.63) is 0 Å². The Balaban J connectivity index is 2.35. The zero-order chi connectivity index (χ0) is 9.52. The normalized spacial score (nSPS) is 27.7. The predicted molar refractivity (Wildman–Crippen MR) is 62.1 cm³/mol. The molecule has 0 aliphatic carbocycles. The Labute approximate surface area is 87.8 Å². The van der Waals surface area contributed by atoms with Crippen molar-refractivity contribution in [1.29, 1.82) is 0 Å². The van der Waals surface area contributed by atoms with E-state index in [4.69, 9.17) is 11.6 Å². The van der Waals surface area contributed by atoms with Gasteiger partial charge in [-0.25, -0.2) is 0 Å². The Kier molecular flexibility index (Phi) is 6.31. The highest BCUT2D eigenvalue weighted by molar-refractivity contribution is 7.54. The van der Waals surface area contributed by atoms with Gasteiger partial charge in [0.25, 0.3) is 0 Å². The van der Waals surface area contributed by atoms with Gasteiger partial charge in [0, 0.05) is 25.5 Å². The average Bonchev–Trinajstić information content (AvgIpc) is 2.21. The molecular formula is C9H20ClN2P. The Bertz CT molecular complexity index is 135. The van der Waals surface area contributed by atoms with E-state index in [9.17, 15) is 0 Å². The molecule has 0 bridgehead atoms. The van der Waals surface area contributed by atoms with Crippen LogP contribution in [0.5, 0.6) is 0 Å². The zero-order valence-electron chi connectivity index (χ0n) is 8.43. The van der Waals surface area contributed by atoms with Crippen LogP contribution in [0.25, 0.3) is 0 Å². The molecule has 0 saturated carbocycles. The second kappa shape index (κ2) is 7.00. The molecule has 1 atom stereocenters. The number of rotatable bonds is 2. The molecule has 1 N–H and O–H groups in total. The lowest BCUT2D eigenvalue weighted by molar-refractivity contribution is 0.471. The summed E-state index contributed by atoms with van der Waals surface area (Å²) in [5, 5.41) is 3.46. The summed E-state index contributed by atoms with van der Waals surface area (Å²) in [4.78, 5) is 0. The first kappa shape index (κ1) is 11.7. The van der Waals surface area contributed by atoms with Crippen molar-refractivity contribution in [3.8, 4) is 0 Å². The van der Waals surface area contributed by atoms with Gasteiger partial charge in [-0.1, -0.05) is 0 Å². The standard InChI is InChI=1S/C9H20ClN2P/c1-13-9-3-2-5-11-6-8-12(13)7-4-10/h11H,2-9H2,1H3. The molecule has 0 aromatic rings. The first-order chi connectivity index (χ1) is 6.34. The Hall–Kier alpha value is 0.640. The zero-order valence-corrected chi connectivity index (χ0v) is 10.1. The minimum atomic E-state index is 0.0872. The third kappa shape index (κ3) is 4.60. The van der Waals surface area contributed by atoms with Crippen molar-refractivity contribution in [2.24, 2.45) is 0 Å². The summed E-state index contributed by atoms with van der Waals surface area (Å²) in [7, 11) is 0.0872. The smallest absolute Gasteiger partial charge is 0.0354 e. The predicted octanol–water partition coefficient (Wildman–Crippen LogP) is 1.94. The number of halogens is 1. The second-order valence-corrected chi connectivity index (χ2v) is 6.19. The van der Waals surface area contributed by atoms with Crippen LogP contribution in [0.2, 0.25) is 0 Å². The highest BCUT2D eigenvalue weighted by Gasteiger charge is 2.13. The van der Waals surface area contributed by atoms with Gasteiger partial charge in [0.1, 0.15) is 0 Å². The largest absolute Gasteiger partial charge is 0.315 e. The summed E-state index contributed by atoms with van der Waals surface area (Å²) < 4.78 is 2.56. The highest BCUT2D eigenvalue weighted by Crippen LogP contribution is 2.36. The van der Waals surface area contributed by atoms with Gasteiger partial charge in [-0.3, -0.25) is 4.67 Å². The van der Waals surface area contributed by atoms with E-state index < -0.39 is 0 Å². The number of nitrogens with one attached hydrogen (secondary N) is 1. The quantitative estimate of drug-likeness (QED) is 0.568. The van der Waals surface area contributed by atoms with Crippen LogP contribution in [0.1, 0.15) is 12.8 Å². The van der Waals surface area contributed by atoms with Crippen molar-refractivity contribution in [3.63, 3.8) is 0 Å². The molecule has 1 heterocycles. The summed E-state index contributed by atoms with van der Waals surface area (Å²) in [6.45, 7) is 6.94. The van der Waals surface area contributed by atoms with Crippen molar-refractivity contribution in [2.45, 2.75) is 12.8 Å². The van der Waals surface area contributed by atoms with E-state index in [0.717, 1.165) is 19.0 Å². The molecule has 2 nitrogen and oxygen atoms in total. The number of alkyl halides is 1. The number of hydrogen-bond donors (Lipinski definition) is 1. The van der Waals surface area contributed by atoms with Crippen molar-refractivity contribution < 1.29 is 0 Å². The molecule has 1 aliphatic heterocycles. The highest BCUT2D eigenvalue weighted by atomic mass is 35.5. The molecular weight excluding hydrogens is 203 g/mol. The minimum Gasteiger partial charge on any atom is -0.315 e. The molecule has 1 fully saturated rings. The molecule has 0 aromatic carbocycles. The molecule has 0 spiro atoms. The first-order valence-electron chi connectivity index (χ1n) is 5.07. The van der Waals surface area contributed by atoms with Gasteiger partial charge >= 0.3 is 0 Å². The molecule has 0 amide bonds. The van der Waals surface area contributed by atoms with Gasteiger partial charge in [0.05, 0.1) is 0 Å². The van der Waals surface area contributed by atoms with E-state index in [1.807, 2.05) is 0 Å². The third-order valence-electron chi connectivity index (χ3n) is 2.46. The van der Waals surface area contributed by atoms with Crippen LogP contribution in [-0.2, 0) is 0 Å². The van der Waals surface area contributed by atoms with Crippen LogP contribution in [0.15, 0.2) is 0 Å². The molecule has 1 aliphatic rings. The molecule has 4 heteroatoms. The Morgan fingerprint density at radius 3 is 3.00 bits per heavy atom. The van der Waals surface area contributed by atoms with Gasteiger partial charge in [0.2, 0.25) is 0 Å². The van der Waals surface area contributed by atoms with Gasteiger partial charge in [-0.05, 0) is 40.3 Å². The maximum Gasteiger partial charge on any atom is 0.0354 e. The first-order valence-corrected chi connectivity index (χ1v) is 7.53. The van der Waals surface area contributed by atoms with Crippen molar-refractivity contribution in [2.75, 3.05) is 44.9 Å². The Morgan fingerprint density at radius 1 is 1.38 bits per heavy atom. The average molecular weight is 223 g/mol. The summed E-state index contributed by atoms with van der Waals surface area (Å²) in [6, 6.07) is 0. The van der Waals surface area contributed by atoms with Gasteiger partial charge in [-0.15, -0.1) is 11.6 Å². The van der Waals surface area contributed by atoms with E-state index >= 15 is 0 Å². The summed E-state index contributed by atoms with van der Waals surface area (Å²) in [6.07, 6.45) is 4.09. The van der Waals surface area contributed by atoms with E-state index in [-0.39, 0.29) is 8.07 Å². The lowest BCUT2D eigenvalue weighted by atomic mass is 10.3. The fraction of sp³-hybridized carbons (Fsp3) is 1.00. The third-order valence-corrected chi connectivity index (χ3v) is 4.96. The van der Waals surface area contributed by atoms with Gasteiger partial charge < -0.3 is 5.32 Å². The van der Waals surface area contributed by atoms with Crippen LogP contribution in [0, 0.1) is 0 Å². The molecule has 0 aromatic heterocycles. The molecule has 78 valence electrons. The van der Waals surface area contributed by atoms with E-state index in [1.165, 1.54) is 32.1 Å². The van der Waals surface area contributed by atoms with Crippen molar-refractivity contribution in [1.82, 2.24) is 9.99 Å². The van der Waals surface area contributed by atoms with E-state index in [0.29, 0.717) is 0 Å². The Morgan fingerprint density at radius 2 is 2.23 bits per heavy atom. The molecule has 1 saturated heterocycles. The maximum absolute atomic E-state index is 5.78. The second-order valence-electron chi connectivity index (χ2n) is 3.48. The summed E-state index contributed by atoms with van der Waals surface area (Å²) >= 11 is 5.78. The molecule has 1 rings (SSSR count). The van der Waals surface area contributed by atoms with E-state index in [1.54, 1.807) is 0 Å². The monoisotopic (exact) mass is 222 g/mol. The molecule has 0 radical (unpaired) electrons. The van der Waals surface area contributed by atoms with Crippen LogP contribution >= 0.6 is 19.7 Å². The SMILES string of the molecule is CP1CCCCNCCN1CCCl. The van der Waals surface area contributed by atoms with Crippen LogP contribution < -0.4 is 5.32 Å². The van der Waals surface area contributed by atoms with Crippen LogP contribution in [0.4, 0.5) is 0 Å². The fourth-order valence-electron chi connectivity index (χ4n) is 1.62. The summed E-state index contributed by atoms with van der Waals surface area (Å²) in [5.74, 6) is 0.771. The van der Waals surface area contributed by atoms with Crippen LogP contribution in [0.3, 0.4) is 0 Å². The molecule has 13 heavy (non-hydrogen) atoms. The minimum absolute atomic E-state index is 0.0872. The van der Waals surface area contributed by atoms with Gasteiger partial charge in [0.15, 0.2) is 0 Å². The number of hydrogen-bond acceptors (Lipinski definition) is 2. The topological polar surface area (TPSA) is 15.3 Å².